The average Bonchev–Trinajstić information content (AvgIpc) is 2.27. The highest BCUT2D eigenvalue weighted by Gasteiger charge is 2.22. The molecule has 0 aliphatic carbocycles. The van der Waals surface area contributed by atoms with E-state index in [0.717, 1.165) is 0 Å². The van der Waals surface area contributed by atoms with Crippen LogP contribution in [-0.2, 0) is 0 Å². The fraction of sp³-hybridized carbons (Fsp3) is 0.500. The molecule has 1 aromatic carbocycles. The van der Waals surface area contributed by atoms with Crippen molar-refractivity contribution in [2.24, 2.45) is 5.41 Å². The van der Waals surface area contributed by atoms with Crippen LogP contribution < -0.4 is 5.32 Å². The lowest BCUT2D eigenvalue weighted by atomic mass is 9.87. The number of benzene rings is 1. The molecule has 3 nitrogen and oxygen atoms in total. The summed E-state index contributed by atoms with van der Waals surface area (Å²) in [6.45, 7) is 6.16. The van der Waals surface area contributed by atoms with Crippen molar-refractivity contribution in [2.45, 2.75) is 33.3 Å². The lowest BCUT2D eigenvalue weighted by molar-refractivity contribution is 0.0902. The van der Waals surface area contributed by atoms with Gasteiger partial charge in [-0.3, -0.25) is 4.79 Å². The van der Waals surface area contributed by atoms with Crippen LogP contribution in [0, 0.1) is 5.41 Å². The topological polar surface area (TPSA) is 49.3 Å². The van der Waals surface area contributed by atoms with E-state index in [0.29, 0.717) is 28.6 Å². The number of hydrogen-bond donors (Lipinski definition) is 2. The number of nitrogens with one attached hydrogen (secondary N) is 1. The van der Waals surface area contributed by atoms with E-state index in [1.54, 1.807) is 25.1 Å². The van der Waals surface area contributed by atoms with Gasteiger partial charge in [-0.1, -0.05) is 37.0 Å². The summed E-state index contributed by atoms with van der Waals surface area (Å²) in [5, 5.41) is 13.1. The van der Waals surface area contributed by atoms with E-state index in [9.17, 15) is 9.90 Å². The molecule has 0 aliphatic rings. The van der Waals surface area contributed by atoms with Gasteiger partial charge >= 0.3 is 0 Å². The van der Waals surface area contributed by atoms with E-state index in [2.05, 4.69) is 5.32 Å². The first-order valence-electron chi connectivity index (χ1n) is 6.12. The first kappa shape index (κ1) is 16.3. The van der Waals surface area contributed by atoms with Crippen LogP contribution >= 0.6 is 23.2 Å². The third-order valence-corrected chi connectivity index (χ3v) is 3.31. The molecule has 1 atom stereocenters. The Hall–Kier alpha value is -0.770. The van der Waals surface area contributed by atoms with Crippen LogP contribution in [0.25, 0.3) is 0 Å². The molecule has 0 bridgehead atoms. The van der Waals surface area contributed by atoms with Gasteiger partial charge in [0.25, 0.3) is 5.91 Å². The maximum absolute atomic E-state index is 12.0. The molecule has 1 aromatic rings. The standard InChI is InChI=1S/C14H19Cl2NO2/c1-9(18)7-14(2,3)8-17-13(19)11-6-10(15)4-5-12(11)16/h4-6,9,18H,7-8H2,1-3H3,(H,17,19). The Morgan fingerprint density at radius 1 is 1.42 bits per heavy atom. The van der Waals surface area contributed by atoms with Crippen molar-refractivity contribution in [3.8, 4) is 0 Å². The molecule has 106 valence electrons. The highest BCUT2D eigenvalue weighted by atomic mass is 35.5. The zero-order chi connectivity index (χ0) is 14.6. The summed E-state index contributed by atoms with van der Waals surface area (Å²) in [6, 6.07) is 4.78. The molecule has 0 saturated carbocycles. The van der Waals surface area contributed by atoms with Gasteiger partial charge in [-0.2, -0.15) is 0 Å². The van der Waals surface area contributed by atoms with Crippen LogP contribution in [0.15, 0.2) is 18.2 Å². The van der Waals surface area contributed by atoms with Crippen molar-refractivity contribution in [3.05, 3.63) is 33.8 Å². The summed E-state index contributed by atoms with van der Waals surface area (Å²) in [4.78, 5) is 12.0. The Morgan fingerprint density at radius 2 is 2.05 bits per heavy atom. The predicted molar refractivity (Wildman–Crippen MR) is 78.9 cm³/mol. The highest BCUT2D eigenvalue weighted by molar-refractivity contribution is 6.35. The van der Waals surface area contributed by atoms with Gasteiger partial charge in [-0.25, -0.2) is 0 Å². The number of carbonyl (C=O) groups excluding carboxylic acids is 1. The molecule has 0 heterocycles. The van der Waals surface area contributed by atoms with Crippen molar-refractivity contribution in [2.75, 3.05) is 6.54 Å². The van der Waals surface area contributed by atoms with Crippen LogP contribution in [0.4, 0.5) is 0 Å². The van der Waals surface area contributed by atoms with E-state index in [1.165, 1.54) is 0 Å². The molecule has 0 radical (unpaired) electrons. The van der Waals surface area contributed by atoms with Crippen LogP contribution in [0.1, 0.15) is 37.6 Å². The predicted octanol–water partition coefficient (Wildman–Crippen LogP) is 3.52. The minimum absolute atomic E-state index is 0.186. The Bertz CT molecular complexity index is 459. The van der Waals surface area contributed by atoms with Gasteiger partial charge < -0.3 is 10.4 Å². The van der Waals surface area contributed by atoms with Crippen LogP contribution in [0.3, 0.4) is 0 Å². The molecule has 19 heavy (non-hydrogen) atoms. The summed E-state index contributed by atoms with van der Waals surface area (Å²) >= 11 is 11.8. The molecule has 0 saturated heterocycles. The third-order valence-electron chi connectivity index (χ3n) is 2.75. The molecule has 1 amide bonds. The zero-order valence-corrected chi connectivity index (χ0v) is 12.8. The fourth-order valence-corrected chi connectivity index (χ4v) is 2.33. The molecule has 2 N–H and O–H groups in total. The van der Waals surface area contributed by atoms with Crippen molar-refractivity contribution >= 4 is 29.1 Å². The average molecular weight is 304 g/mol. The highest BCUT2D eigenvalue weighted by Crippen LogP contribution is 2.23. The van der Waals surface area contributed by atoms with E-state index in [1.807, 2.05) is 13.8 Å². The number of hydrogen-bond acceptors (Lipinski definition) is 2. The number of aliphatic hydroxyl groups is 1. The Balaban J connectivity index is 2.68. The van der Waals surface area contributed by atoms with Gasteiger partial charge in [0.1, 0.15) is 0 Å². The van der Waals surface area contributed by atoms with Crippen molar-refractivity contribution in [1.29, 1.82) is 0 Å². The second-order valence-corrected chi connectivity index (χ2v) is 6.37. The van der Waals surface area contributed by atoms with Crippen molar-refractivity contribution < 1.29 is 9.90 Å². The second-order valence-electron chi connectivity index (χ2n) is 5.52. The van der Waals surface area contributed by atoms with Gasteiger partial charge in [0.2, 0.25) is 0 Å². The van der Waals surface area contributed by atoms with E-state index in [-0.39, 0.29) is 11.3 Å². The summed E-state index contributed by atoms with van der Waals surface area (Å²) in [5.74, 6) is -0.258. The van der Waals surface area contributed by atoms with Gasteiger partial charge in [0.05, 0.1) is 16.7 Å². The SMILES string of the molecule is CC(O)CC(C)(C)CNC(=O)c1cc(Cl)ccc1Cl. The Kier molecular flexibility index (Phi) is 5.65. The molecular weight excluding hydrogens is 285 g/mol. The quantitative estimate of drug-likeness (QED) is 0.874. The van der Waals surface area contributed by atoms with Gasteiger partial charge in [0, 0.05) is 11.6 Å². The molecule has 1 unspecified atom stereocenters. The summed E-state index contributed by atoms with van der Waals surface area (Å²) in [7, 11) is 0. The zero-order valence-electron chi connectivity index (χ0n) is 11.3. The van der Waals surface area contributed by atoms with Crippen molar-refractivity contribution in [3.63, 3.8) is 0 Å². The van der Waals surface area contributed by atoms with E-state index >= 15 is 0 Å². The lowest BCUT2D eigenvalue weighted by Crippen LogP contribution is -2.35. The molecule has 5 heteroatoms. The summed E-state index contributed by atoms with van der Waals surface area (Å²) in [6.07, 6.45) is 0.206. The van der Waals surface area contributed by atoms with Crippen LogP contribution in [-0.4, -0.2) is 23.7 Å². The molecule has 0 aromatic heterocycles. The number of halogens is 2. The van der Waals surface area contributed by atoms with Gasteiger partial charge in [0.15, 0.2) is 0 Å². The van der Waals surface area contributed by atoms with Gasteiger partial charge in [-0.15, -0.1) is 0 Å². The molecular formula is C14H19Cl2NO2. The van der Waals surface area contributed by atoms with Crippen LogP contribution in [0.2, 0.25) is 10.0 Å². The number of carbonyl (C=O) groups is 1. The molecule has 0 fully saturated rings. The third kappa shape index (κ3) is 5.39. The fourth-order valence-electron chi connectivity index (χ4n) is 1.96. The number of aliphatic hydroxyl groups excluding tert-OH is 1. The van der Waals surface area contributed by atoms with Crippen molar-refractivity contribution in [1.82, 2.24) is 5.32 Å². The maximum atomic E-state index is 12.0. The Labute approximate surface area is 123 Å². The number of amides is 1. The minimum Gasteiger partial charge on any atom is -0.393 e. The number of rotatable bonds is 5. The Morgan fingerprint density at radius 3 is 2.63 bits per heavy atom. The molecule has 0 aliphatic heterocycles. The normalized spacial score (nSPS) is 13.2. The first-order chi connectivity index (χ1) is 8.71. The molecule has 1 rings (SSSR count). The smallest absolute Gasteiger partial charge is 0.252 e. The largest absolute Gasteiger partial charge is 0.393 e. The maximum Gasteiger partial charge on any atom is 0.252 e. The molecule has 0 spiro atoms. The summed E-state index contributed by atoms with van der Waals surface area (Å²) in [5.41, 5.74) is 0.177. The van der Waals surface area contributed by atoms with E-state index in [4.69, 9.17) is 23.2 Å². The monoisotopic (exact) mass is 303 g/mol. The second kappa shape index (κ2) is 6.60. The summed E-state index contributed by atoms with van der Waals surface area (Å²) < 4.78 is 0. The van der Waals surface area contributed by atoms with E-state index < -0.39 is 6.10 Å². The van der Waals surface area contributed by atoms with Crippen LogP contribution in [0.5, 0.6) is 0 Å². The minimum atomic E-state index is -0.401. The first-order valence-corrected chi connectivity index (χ1v) is 6.88. The van der Waals surface area contributed by atoms with Gasteiger partial charge in [-0.05, 0) is 37.0 Å². The lowest BCUT2D eigenvalue weighted by Gasteiger charge is -2.26.